The van der Waals surface area contributed by atoms with Crippen molar-refractivity contribution < 1.29 is 22.7 Å². The smallest absolute Gasteiger partial charge is 0.449 e. The molecule has 0 radical (unpaired) electrons. The molecule has 0 atom stereocenters. The van der Waals surface area contributed by atoms with Crippen LogP contribution in [-0.4, -0.2) is 27.6 Å². The Morgan fingerprint density at radius 1 is 1.18 bits per heavy atom. The number of fused-ring (bicyclic) bond motifs is 1. The van der Waals surface area contributed by atoms with Crippen LogP contribution in [0, 0.1) is 13.8 Å². The van der Waals surface area contributed by atoms with Gasteiger partial charge < -0.3 is 9.30 Å². The molecule has 3 aromatic rings. The van der Waals surface area contributed by atoms with E-state index in [2.05, 4.69) is 14.7 Å². The van der Waals surface area contributed by atoms with Crippen LogP contribution in [0.1, 0.15) is 28.2 Å². The van der Waals surface area contributed by atoms with Gasteiger partial charge in [0.25, 0.3) is 0 Å². The molecule has 0 saturated heterocycles. The lowest BCUT2D eigenvalue weighted by molar-refractivity contribution is -0.146. The van der Waals surface area contributed by atoms with E-state index < -0.39 is 18.0 Å². The summed E-state index contributed by atoms with van der Waals surface area (Å²) in [6.45, 7) is 3.43. The first-order valence-electron chi connectivity index (χ1n) is 8.45. The molecular weight excluding hydrogens is 371 g/mol. The Bertz CT molecular complexity index is 1050. The summed E-state index contributed by atoms with van der Waals surface area (Å²) in [4.78, 5) is 19.2. The molecule has 3 rings (SSSR count). The molecule has 0 aliphatic carbocycles. The van der Waals surface area contributed by atoms with Crippen molar-refractivity contribution in [3.8, 4) is 0 Å². The van der Waals surface area contributed by atoms with Crippen LogP contribution in [0.4, 0.5) is 13.2 Å². The van der Waals surface area contributed by atoms with Crippen LogP contribution in [0.5, 0.6) is 0 Å². The van der Waals surface area contributed by atoms with Gasteiger partial charge in [-0.1, -0.05) is 24.3 Å². The number of aromatic nitrogens is 3. The number of hydrogen-bond acceptors (Lipinski definition) is 4. The van der Waals surface area contributed by atoms with Crippen molar-refractivity contribution in [2.45, 2.75) is 26.6 Å². The minimum Gasteiger partial charge on any atom is -0.466 e. The molecule has 5 nitrogen and oxygen atoms in total. The van der Waals surface area contributed by atoms with Crippen LogP contribution in [0.2, 0.25) is 0 Å². The van der Waals surface area contributed by atoms with E-state index in [1.807, 2.05) is 0 Å². The second kappa shape index (κ2) is 7.46. The highest BCUT2D eigenvalue weighted by atomic mass is 19.4. The van der Waals surface area contributed by atoms with Crippen molar-refractivity contribution in [1.82, 2.24) is 14.5 Å². The maximum Gasteiger partial charge on any atom is 0.449 e. The Morgan fingerprint density at radius 2 is 1.86 bits per heavy atom. The van der Waals surface area contributed by atoms with Gasteiger partial charge in [-0.05, 0) is 42.7 Å². The number of rotatable bonds is 4. The Kier molecular flexibility index (Phi) is 5.22. The van der Waals surface area contributed by atoms with Gasteiger partial charge in [0, 0.05) is 11.8 Å². The number of carbonyl (C=O) groups excluding carboxylic acids is 1. The SMILES string of the molecule is COC(=O)/C=C/c1ccc(Cn2c(C(F)(F)F)nc3c(C)cc(C)nc32)cc1. The summed E-state index contributed by atoms with van der Waals surface area (Å²) in [5, 5.41) is 0. The zero-order valence-electron chi connectivity index (χ0n) is 15.5. The van der Waals surface area contributed by atoms with Crippen LogP contribution in [0.25, 0.3) is 17.2 Å². The Morgan fingerprint density at radius 3 is 2.46 bits per heavy atom. The lowest BCUT2D eigenvalue weighted by Crippen LogP contribution is -2.16. The van der Waals surface area contributed by atoms with E-state index in [0.717, 1.165) is 10.1 Å². The molecule has 1 aromatic carbocycles. The Balaban J connectivity index is 1.99. The van der Waals surface area contributed by atoms with Crippen LogP contribution in [0.3, 0.4) is 0 Å². The average molecular weight is 389 g/mol. The van der Waals surface area contributed by atoms with Gasteiger partial charge in [0.1, 0.15) is 5.52 Å². The lowest BCUT2D eigenvalue weighted by Gasteiger charge is -2.11. The van der Waals surface area contributed by atoms with Crippen molar-refractivity contribution in [3.63, 3.8) is 0 Å². The molecule has 0 unspecified atom stereocenters. The van der Waals surface area contributed by atoms with Gasteiger partial charge in [0.2, 0.25) is 5.82 Å². The maximum absolute atomic E-state index is 13.5. The summed E-state index contributed by atoms with van der Waals surface area (Å²) >= 11 is 0. The third-order valence-corrected chi connectivity index (χ3v) is 4.21. The Hall–Kier alpha value is -3.16. The fourth-order valence-electron chi connectivity index (χ4n) is 2.92. The molecule has 0 aliphatic heterocycles. The van der Waals surface area contributed by atoms with Gasteiger partial charge in [-0.15, -0.1) is 0 Å². The summed E-state index contributed by atoms with van der Waals surface area (Å²) < 4.78 is 46.2. The highest BCUT2D eigenvalue weighted by Gasteiger charge is 2.38. The number of methoxy groups -OCH3 is 1. The molecule has 0 fully saturated rings. The normalized spacial score (nSPS) is 12.1. The molecular formula is C20H18F3N3O2. The summed E-state index contributed by atoms with van der Waals surface area (Å²) in [6, 6.07) is 8.54. The predicted octanol–water partition coefficient (Wildman–Crippen LogP) is 4.30. The molecule has 0 spiro atoms. The van der Waals surface area contributed by atoms with E-state index in [0.29, 0.717) is 16.8 Å². The van der Waals surface area contributed by atoms with Crippen molar-refractivity contribution >= 4 is 23.2 Å². The number of benzene rings is 1. The van der Waals surface area contributed by atoms with Gasteiger partial charge in [-0.2, -0.15) is 13.2 Å². The number of alkyl halides is 3. The summed E-state index contributed by atoms with van der Waals surface area (Å²) in [7, 11) is 1.28. The predicted molar refractivity (Wildman–Crippen MR) is 98.6 cm³/mol. The first-order chi connectivity index (χ1) is 13.2. The van der Waals surface area contributed by atoms with E-state index in [1.165, 1.54) is 13.2 Å². The molecule has 2 heterocycles. The van der Waals surface area contributed by atoms with Gasteiger partial charge in [-0.3, -0.25) is 0 Å². The van der Waals surface area contributed by atoms with E-state index in [4.69, 9.17) is 0 Å². The largest absolute Gasteiger partial charge is 0.466 e. The number of ether oxygens (including phenoxy) is 1. The number of esters is 1. The first-order valence-corrected chi connectivity index (χ1v) is 8.45. The third kappa shape index (κ3) is 4.05. The van der Waals surface area contributed by atoms with Crippen molar-refractivity contribution in [2.75, 3.05) is 7.11 Å². The standard InChI is InChI=1S/C20H18F3N3O2/c1-12-10-13(2)24-18-17(12)25-19(20(21,22)23)26(18)11-15-6-4-14(5-7-15)8-9-16(27)28-3/h4-10H,11H2,1-3H3/b9-8+. The molecule has 0 bridgehead atoms. The number of aryl methyl sites for hydroxylation is 2. The zero-order chi connectivity index (χ0) is 20.5. The zero-order valence-corrected chi connectivity index (χ0v) is 15.5. The second-order valence-electron chi connectivity index (χ2n) is 6.37. The van der Waals surface area contributed by atoms with E-state index in [1.54, 1.807) is 50.3 Å². The highest BCUT2D eigenvalue weighted by molar-refractivity contribution is 5.86. The quantitative estimate of drug-likeness (QED) is 0.493. The lowest BCUT2D eigenvalue weighted by atomic mass is 10.1. The van der Waals surface area contributed by atoms with Gasteiger partial charge in [-0.25, -0.2) is 14.8 Å². The van der Waals surface area contributed by atoms with E-state index in [-0.39, 0.29) is 17.7 Å². The summed E-state index contributed by atoms with van der Waals surface area (Å²) in [5.74, 6) is -1.46. The molecule has 0 amide bonds. The molecule has 8 heteroatoms. The minimum atomic E-state index is -4.59. The topological polar surface area (TPSA) is 57.0 Å². The van der Waals surface area contributed by atoms with Gasteiger partial charge in [0.05, 0.1) is 13.7 Å². The maximum atomic E-state index is 13.5. The first kappa shape index (κ1) is 19.6. The van der Waals surface area contributed by atoms with E-state index in [9.17, 15) is 18.0 Å². The molecule has 146 valence electrons. The fraction of sp³-hybridized carbons (Fsp3) is 0.250. The number of carbonyl (C=O) groups is 1. The molecule has 0 saturated carbocycles. The van der Waals surface area contributed by atoms with Crippen molar-refractivity contribution in [1.29, 1.82) is 0 Å². The molecule has 2 aromatic heterocycles. The third-order valence-electron chi connectivity index (χ3n) is 4.21. The average Bonchev–Trinajstić information content (AvgIpc) is 3.00. The number of imidazole rings is 1. The molecule has 0 aliphatic rings. The number of halogens is 3. The van der Waals surface area contributed by atoms with Gasteiger partial charge >= 0.3 is 12.1 Å². The molecule has 28 heavy (non-hydrogen) atoms. The fourth-order valence-corrected chi connectivity index (χ4v) is 2.92. The number of hydrogen-bond donors (Lipinski definition) is 0. The van der Waals surface area contributed by atoms with Crippen LogP contribution in [-0.2, 0) is 22.3 Å². The van der Waals surface area contributed by atoms with Crippen LogP contribution >= 0.6 is 0 Å². The van der Waals surface area contributed by atoms with Crippen LogP contribution < -0.4 is 0 Å². The number of nitrogens with zero attached hydrogens (tertiary/aromatic N) is 3. The monoisotopic (exact) mass is 389 g/mol. The molecule has 0 N–H and O–H groups in total. The van der Waals surface area contributed by atoms with E-state index >= 15 is 0 Å². The van der Waals surface area contributed by atoms with Crippen molar-refractivity contribution in [3.05, 3.63) is 64.6 Å². The van der Waals surface area contributed by atoms with Gasteiger partial charge in [0.15, 0.2) is 5.65 Å². The number of pyridine rings is 1. The summed E-state index contributed by atoms with van der Waals surface area (Å²) in [6.07, 6.45) is -1.75. The summed E-state index contributed by atoms with van der Waals surface area (Å²) in [5.41, 5.74) is 3.11. The van der Waals surface area contributed by atoms with Crippen molar-refractivity contribution in [2.24, 2.45) is 0 Å². The Labute approximate surface area is 159 Å². The second-order valence-corrected chi connectivity index (χ2v) is 6.37. The minimum absolute atomic E-state index is 0.0256. The highest BCUT2D eigenvalue weighted by Crippen LogP contribution is 2.32. The van der Waals surface area contributed by atoms with Crippen LogP contribution in [0.15, 0.2) is 36.4 Å².